The van der Waals surface area contributed by atoms with E-state index in [9.17, 15) is 24.6 Å². The van der Waals surface area contributed by atoms with Gasteiger partial charge in [0, 0.05) is 16.7 Å². The molecule has 0 aromatic carbocycles. The fraction of sp³-hybridized carbons (Fsp3) is 0.682. The highest BCUT2D eigenvalue weighted by atomic mass is 35.5. The zero-order chi connectivity index (χ0) is 21.6. The number of rotatable bonds is 2. The smallest absolute Gasteiger partial charge is 0.227 e. The summed E-state index contributed by atoms with van der Waals surface area (Å²) in [6, 6.07) is 0. The van der Waals surface area contributed by atoms with E-state index in [1.807, 2.05) is 0 Å². The lowest BCUT2D eigenvalue weighted by atomic mass is 9.44. The summed E-state index contributed by atoms with van der Waals surface area (Å²) >= 11 is 6.08. The van der Waals surface area contributed by atoms with Crippen LogP contribution in [0.25, 0.3) is 0 Å². The average Bonchev–Trinajstić information content (AvgIpc) is 2.85. The van der Waals surface area contributed by atoms with Crippen LogP contribution in [0.3, 0.4) is 0 Å². The molecule has 0 aliphatic heterocycles. The fourth-order valence-corrected chi connectivity index (χ4v) is 7.49. The van der Waals surface area contributed by atoms with E-state index >= 15 is 4.39 Å². The van der Waals surface area contributed by atoms with Crippen molar-refractivity contribution in [3.05, 3.63) is 22.8 Å². The van der Waals surface area contributed by atoms with Crippen LogP contribution in [0.2, 0.25) is 0 Å². The summed E-state index contributed by atoms with van der Waals surface area (Å²) < 4.78 is 17.0. The Bertz CT molecular complexity index is 882. The van der Waals surface area contributed by atoms with E-state index in [1.165, 1.54) is 12.2 Å². The molecule has 0 bridgehead atoms. The van der Waals surface area contributed by atoms with Gasteiger partial charge in [0.2, 0.25) is 5.78 Å². The Labute approximate surface area is 174 Å². The first-order chi connectivity index (χ1) is 13.4. The number of halogens is 2. The van der Waals surface area contributed by atoms with Gasteiger partial charge in [0.15, 0.2) is 17.7 Å². The molecule has 5 nitrogen and oxygen atoms in total. The standard InChI is InChI=1S/C22H26ClFO5/c1-11-6-14-13-5-4-12-7-16(26)15(23)8-19(12,2)21(13,24)17(27)9-20(14,3)22(11,29)18(28)10-25/h7-8,10-11,13-14,17,27,29H,4-6,9H2,1-3H3/t11-,13+,14+,17+,19+,20+,21+,22+/m1/s1. The van der Waals surface area contributed by atoms with Gasteiger partial charge in [-0.3, -0.25) is 14.4 Å². The van der Waals surface area contributed by atoms with E-state index in [0.29, 0.717) is 24.8 Å². The van der Waals surface area contributed by atoms with Crippen LogP contribution in [0.15, 0.2) is 22.8 Å². The first-order valence-electron chi connectivity index (χ1n) is 10.1. The lowest BCUT2D eigenvalue weighted by molar-refractivity contribution is -0.218. The van der Waals surface area contributed by atoms with Crippen molar-refractivity contribution in [1.29, 1.82) is 0 Å². The summed E-state index contributed by atoms with van der Waals surface area (Å²) in [5.41, 5.74) is -5.80. The normalized spacial score (nSPS) is 51.3. The first kappa shape index (κ1) is 20.9. The number of fused-ring (bicyclic) bond motifs is 5. The number of Topliss-reactive ketones (excluding diaryl/α,β-unsaturated/α-hetero) is 1. The van der Waals surface area contributed by atoms with E-state index in [1.54, 1.807) is 20.8 Å². The lowest BCUT2D eigenvalue weighted by Gasteiger charge is -2.62. The summed E-state index contributed by atoms with van der Waals surface area (Å²) in [7, 11) is 0. The number of hydrogen-bond donors (Lipinski definition) is 2. The van der Waals surface area contributed by atoms with Crippen LogP contribution >= 0.6 is 11.6 Å². The number of carbonyl (C=O) groups excluding carboxylic acids is 3. The minimum absolute atomic E-state index is 0.0677. The topological polar surface area (TPSA) is 91.7 Å². The largest absolute Gasteiger partial charge is 0.390 e. The summed E-state index contributed by atoms with van der Waals surface area (Å²) in [6.45, 7) is 5.04. The van der Waals surface area contributed by atoms with Gasteiger partial charge < -0.3 is 10.2 Å². The van der Waals surface area contributed by atoms with E-state index in [2.05, 4.69) is 0 Å². The van der Waals surface area contributed by atoms with Crippen molar-refractivity contribution in [2.45, 2.75) is 63.8 Å². The van der Waals surface area contributed by atoms with Crippen LogP contribution in [0, 0.1) is 28.6 Å². The molecule has 4 rings (SSSR count). The maximum atomic E-state index is 17.0. The van der Waals surface area contributed by atoms with Gasteiger partial charge in [-0.2, -0.15) is 0 Å². The highest BCUT2D eigenvalue weighted by Gasteiger charge is 2.75. The third-order valence-corrected chi connectivity index (χ3v) is 9.06. The molecule has 3 saturated carbocycles. The molecule has 0 aromatic heterocycles. The Morgan fingerprint density at radius 1 is 1.34 bits per heavy atom. The molecule has 29 heavy (non-hydrogen) atoms. The van der Waals surface area contributed by atoms with Crippen LogP contribution in [0.4, 0.5) is 4.39 Å². The number of aliphatic hydroxyl groups excluding tert-OH is 1. The number of carbonyl (C=O) groups is 3. The summed E-state index contributed by atoms with van der Waals surface area (Å²) in [6.07, 6.45) is 2.50. The molecule has 4 aliphatic rings. The van der Waals surface area contributed by atoms with Crippen molar-refractivity contribution in [3.8, 4) is 0 Å². The zero-order valence-corrected chi connectivity index (χ0v) is 17.5. The molecule has 8 atom stereocenters. The number of ketones is 2. The maximum Gasteiger partial charge on any atom is 0.227 e. The first-order valence-corrected chi connectivity index (χ1v) is 10.5. The molecule has 7 heteroatoms. The number of allylic oxidation sites excluding steroid dienone is 4. The van der Waals surface area contributed by atoms with Crippen LogP contribution in [0.5, 0.6) is 0 Å². The van der Waals surface area contributed by atoms with Crippen molar-refractivity contribution in [3.63, 3.8) is 0 Å². The Kier molecular flexibility index (Phi) is 4.38. The Balaban J connectivity index is 1.86. The molecule has 0 amide bonds. The third-order valence-electron chi connectivity index (χ3n) is 8.76. The molecule has 158 valence electrons. The van der Waals surface area contributed by atoms with E-state index in [-0.39, 0.29) is 23.5 Å². The third kappa shape index (κ3) is 2.20. The van der Waals surface area contributed by atoms with Crippen molar-refractivity contribution in [2.24, 2.45) is 28.6 Å². The summed E-state index contributed by atoms with van der Waals surface area (Å²) in [4.78, 5) is 35.8. The SMILES string of the molecule is C[C@@H]1C[C@H]2[C@@H]3CCC4=CC(=O)C(Cl)=C[C@]4(C)[C@@]3(F)[C@@H](O)C[C@]2(C)[C@@]1(O)C(=O)C=O. The van der Waals surface area contributed by atoms with Gasteiger partial charge in [-0.05, 0) is 56.6 Å². The second kappa shape index (κ2) is 6.08. The second-order valence-electron chi connectivity index (χ2n) is 9.77. The molecule has 0 saturated heterocycles. The molecule has 3 fully saturated rings. The molecule has 0 aromatic rings. The molecular weight excluding hydrogens is 399 g/mol. The summed E-state index contributed by atoms with van der Waals surface area (Å²) in [5.74, 6) is -2.87. The van der Waals surface area contributed by atoms with Gasteiger partial charge in [-0.15, -0.1) is 0 Å². The fourth-order valence-electron chi connectivity index (χ4n) is 7.21. The minimum Gasteiger partial charge on any atom is -0.390 e. The van der Waals surface area contributed by atoms with Crippen molar-refractivity contribution in [2.75, 3.05) is 0 Å². The molecule has 4 aliphatic carbocycles. The van der Waals surface area contributed by atoms with Crippen LogP contribution in [-0.4, -0.2) is 45.4 Å². The number of aliphatic hydroxyl groups is 2. The Morgan fingerprint density at radius 2 is 2.00 bits per heavy atom. The highest BCUT2D eigenvalue weighted by Crippen LogP contribution is 2.70. The quantitative estimate of drug-likeness (QED) is 0.525. The molecule has 0 heterocycles. The molecular formula is C22H26ClFO5. The van der Waals surface area contributed by atoms with Gasteiger partial charge in [-0.25, -0.2) is 4.39 Å². The van der Waals surface area contributed by atoms with E-state index in [0.717, 1.165) is 0 Å². The second-order valence-corrected chi connectivity index (χ2v) is 10.2. The van der Waals surface area contributed by atoms with Gasteiger partial charge in [0.1, 0.15) is 5.60 Å². The molecule has 0 spiro atoms. The van der Waals surface area contributed by atoms with Gasteiger partial charge in [0.05, 0.1) is 11.1 Å². The van der Waals surface area contributed by atoms with Crippen LogP contribution in [-0.2, 0) is 14.4 Å². The minimum atomic E-state index is -2.10. The van der Waals surface area contributed by atoms with Gasteiger partial charge in [0.25, 0.3) is 0 Å². The highest BCUT2D eigenvalue weighted by molar-refractivity contribution is 6.44. The zero-order valence-electron chi connectivity index (χ0n) is 16.7. The van der Waals surface area contributed by atoms with Crippen molar-refractivity contribution >= 4 is 29.5 Å². The summed E-state index contributed by atoms with van der Waals surface area (Å²) in [5, 5.41) is 22.4. The number of aldehydes is 1. The molecule has 0 radical (unpaired) electrons. The maximum absolute atomic E-state index is 17.0. The van der Waals surface area contributed by atoms with E-state index < -0.39 is 51.7 Å². The predicted octanol–water partition coefficient (Wildman–Crippen LogP) is 2.67. The molecule has 0 unspecified atom stereocenters. The van der Waals surface area contributed by atoms with Gasteiger partial charge >= 0.3 is 0 Å². The van der Waals surface area contributed by atoms with Gasteiger partial charge in [-0.1, -0.05) is 31.0 Å². The Morgan fingerprint density at radius 3 is 2.62 bits per heavy atom. The van der Waals surface area contributed by atoms with Crippen molar-refractivity contribution in [1.82, 2.24) is 0 Å². The van der Waals surface area contributed by atoms with Crippen LogP contribution < -0.4 is 0 Å². The average molecular weight is 425 g/mol. The number of alkyl halides is 1. The number of hydrogen-bond acceptors (Lipinski definition) is 5. The van der Waals surface area contributed by atoms with E-state index in [4.69, 9.17) is 11.6 Å². The predicted molar refractivity (Wildman–Crippen MR) is 104 cm³/mol. The van der Waals surface area contributed by atoms with Crippen LogP contribution in [0.1, 0.15) is 46.5 Å². The lowest BCUT2D eigenvalue weighted by Crippen LogP contribution is -2.69. The monoisotopic (exact) mass is 424 g/mol. The van der Waals surface area contributed by atoms with Crippen molar-refractivity contribution < 1.29 is 29.0 Å². The molecule has 2 N–H and O–H groups in total. The Hall–Kier alpha value is -1.37.